The van der Waals surface area contributed by atoms with E-state index in [2.05, 4.69) is 10.7 Å². The molecule has 4 N–H and O–H groups in total. The first-order chi connectivity index (χ1) is 8.35. The van der Waals surface area contributed by atoms with Crippen molar-refractivity contribution in [2.24, 2.45) is 5.84 Å². The van der Waals surface area contributed by atoms with Crippen LogP contribution in [0.1, 0.15) is 0 Å². The average molecular weight is 274 g/mol. The molecule has 18 heavy (non-hydrogen) atoms. The Morgan fingerprint density at radius 3 is 2.50 bits per heavy atom. The smallest absolute Gasteiger partial charge is 0.316 e. The van der Waals surface area contributed by atoms with Gasteiger partial charge >= 0.3 is 5.69 Å². The number of hydrazine groups is 1. The Balaban J connectivity index is 2.92. The zero-order valence-electron chi connectivity index (χ0n) is 9.71. The van der Waals surface area contributed by atoms with Gasteiger partial charge in [0.15, 0.2) is 0 Å². The predicted molar refractivity (Wildman–Crippen MR) is 69.1 cm³/mol. The summed E-state index contributed by atoms with van der Waals surface area (Å²) in [5.74, 6) is 5.07. The number of nitrogens with two attached hydrogens (primary N) is 1. The van der Waals surface area contributed by atoms with Crippen molar-refractivity contribution >= 4 is 26.9 Å². The van der Waals surface area contributed by atoms with Crippen LogP contribution in [0.4, 0.5) is 17.1 Å². The van der Waals surface area contributed by atoms with Gasteiger partial charge in [-0.05, 0) is 12.1 Å². The number of nitro groups is 1. The zero-order valence-corrected chi connectivity index (χ0v) is 10.5. The summed E-state index contributed by atoms with van der Waals surface area (Å²) >= 11 is 0. The van der Waals surface area contributed by atoms with Crippen LogP contribution in [0.25, 0.3) is 0 Å². The second-order valence-corrected chi connectivity index (χ2v) is 5.92. The van der Waals surface area contributed by atoms with E-state index >= 15 is 0 Å². The third-order valence-corrected chi connectivity index (χ3v) is 3.11. The molecular weight excluding hydrogens is 260 g/mol. The first-order valence-electron chi connectivity index (χ1n) is 5.01. The summed E-state index contributed by atoms with van der Waals surface area (Å²) in [5.41, 5.74) is 2.39. The SMILES string of the molecule is CS(=O)(=O)CCNc1cccc(NN)c1[N+](=O)[O-]. The van der Waals surface area contributed by atoms with Gasteiger partial charge in [-0.1, -0.05) is 6.07 Å². The molecule has 0 heterocycles. The highest BCUT2D eigenvalue weighted by atomic mass is 32.2. The van der Waals surface area contributed by atoms with Crippen LogP contribution >= 0.6 is 0 Å². The van der Waals surface area contributed by atoms with Gasteiger partial charge in [-0.15, -0.1) is 0 Å². The molecule has 1 aromatic rings. The topological polar surface area (TPSA) is 127 Å². The molecule has 0 radical (unpaired) electrons. The monoisotopic (exact) mass is 274 g/mol. The number of nitrogen functional groups attached to an aromatic ring is 1. The summed E-state index contributed by atoms with van der Waals surface area (Å²) in [6, 6.07) is 4.52. The minimum Gasteiger partial charge on any atom is -0.378 e. The van der Waals surface area contributed by atoms with Gasteiger partial charge in [0.2, 0.25) is 0 Å². The number of rotatable bonds is 6. The second kappa shape index (κ2) is 5.65. The lowest BCUT2D eigenvalue weighted by atomic mass is 10.2. The number of hydrogen-bond donors (Lipinski definition) is 3. The van der Waals surface area contributed by atoms with Crippen molar-refractivity contribution in [1.82, 2.24) is 0 Å². The van der Waals surface area contributed by atoms with Crippen LogP contribution < -0.4 is 16.6 Å². The number of para-hydroxylation sites is 1. The maximum absolute atomic E-state index is 11.0. The molecule has 1 aromatic carbocycles. The highest BCUT2D eigenvalue weighted by molar-refractivity contribution is 7.90. The molecule has 8 nitrogen and oxygen atoms in total. The molecule has 0 aliphatic heterocycles. The van der Waals surface area contributed by atoms with Gasteiger partial charge in [-0.25, -0.2) is 8.42 Å². The summed E-state index contributed by atoms with van der Waals surface area (Å²) in [4.78, 5) is 10.3. The van der Waals surface area contributed by atoms with E-state index in [1.807, 2.05) is 0 Å². The van der Waals surface area contributed by atoms with Crippen molar-refractivity contribution in [1.29, 1.82) is 0 Å². The molecule has 9 heteroatoms. The maximum atomic E-state index is 11.0. The van der Waals surface area contributed by atoms with Gasteiger partial charge in [-0.2, -0.15) is 0 Å². The highest BCUT2D eigenvalue weighted by Gasteiger charge is 2.18. The van der Waals surface area contributed by atoms with E-state index in [0.717, 1.165) is 6.26 Å². The second-order valence-electron chi connectivity index (χ2n) is 3.66. The van der Waals surface area contributed by atoms with Crippen molar-refractivity contribution in [2.75, 3.05) is 29.3 Å². The van der Waals surface area contributed by atoms with E-state index in [0.29, 0.717) is 0 Å². The van der Waals surface area contributed by atoms with Crippen molar-refractivity contribution < 1.29 is 13.3 Å². The number of nitro benzene ring substituents is 1. The normalized spacial score (nSPS) is 11.0. The van der Waals surface area contributed by atoms with Gasteiger partial charge in [0.1, 0.15) is 21.2 Å². The fourth-order valence-corrected chi connectivity index (χ4v) is 1.84. The summed E-state index contributed by atoms with van der Waals surface area (Å²) in [5, 5.41) is 13.6. The molecule has 1 rings (SSSR count). The van der Waals surface area contributed by atoms with E-state index in [1.165, 1.54) is 12.1 Å². The van der Waals surface area contributed by atoms with E-state index in [-0.39, 0.29) is 29.4 Å². The van der Waals surface area contributed by atoms with Crippen molar-refractivity contribution in [3.63, 3.8) is 0 Å². The molecular formula is C9H14N4O4S. The van der Waals surface area contributed by atoms with Gasteiger partial charge < -0.3 is 10.7 Å². The van der Waals surface area contributed by atoms with Crippen LogP contribution in [0.5, 0.6) is 0 Å². The average Bonchev–Trinajstić information content (AvgIpc) is 2.26. The molecule has 0 aliphatic carbocycles. The minimum atomic E-state index is -3.12. The number of hydrogen-bond acceptors (Lipinski definition) is 7. The molecule has 0 unspecified atom stereocenters. The Bertz CT molecular complexity index is 543. The molecule has 0 saturated carbocycles. The fourth-order valence-electron chi connectivity index (χ4n) is 1.37. The first-order valence-corrected chi connectivity index (χ1v) is 7.07. The van der Waals surface area contributed by atoms with Gasteiger partial charge in [0.05, 0.1) is 10.7 Å². The lowest BCUT2D eigenvalue weighted by Gasteiger charge is -2.09. The first kappa shape index (κ1) is 14.2. The van der Waals surface area contributed by atoms with Gasteiger partial charge in [0.25, 0.3) is 0 Å². The Morgan fingerprint density at radius 2 is 2.00 bits per heavy atom. The molecule has 0 aliphatic rings. The maximum Gasteiger partial charge on any atom is 0.316 e. The lowest BCUT2D eigenvalue weighted by Crippen LogP contribution is -2.16. The van der Waals surface area contributed by atoms with E-state index < -0.39 is 14.8 Å². The Hall–Kier alpha value is -1.87. The van der Waals surface area contributed by atoms with Crippen LogP contribution in [0.2, 0.25) is 0 Å². The number of nitrogens with one attached hydrogen (secondary N) is 2. The Labute approximate surface area is 104 Å². The van der Waals surface area contributed by atoms with Crippen molar-refractivity contribution in [2.45, 2.75) is 0 Å². The number of nitrogens with zero attached hydrogens (tertiary/aromatic N) is 1. The molecule has 0 atom stereocenters. The van der Waals surface area contributed by atoms with Crippen LogP contribution in [0.15, 0.2) is 18.2 Å². The highest BCUT2D eigenvalue weighted by Crippen LogP contribution is 2.31. The largest absolute Gasteiger partial charge is 0.378 e. The number of benzene rings is 1. The minimum absolute atomic E-state index is 0.0910. The third kappa shape index (κ3) is 3.86. The molecule has 0 saturated heterocycles. The standard InChI is InChI=1S/C9H14N4O4S/c1-18(16,17)6-5-11-7-3-2-4-8(12-10)9(7)13(14)15/h2-4,11-12H,5-6,10H2,1H3. The summed E-state index contributed by atoms with van der Waals surface area (Å²) in [6.45, 7) is 0.0910. The zero-order chi connectivity index (χ0) is 13.8. The van der Waals surface area contributed by atoms with Crippen LogP contribution in [0, 0.1) is 10.1 Å². The summed E-state index contributed by atoms with van der Waals surface area (Å²) in [6.07, 6.45) is 1.10. The molecule has 0 bridgehead atoms. The van der Waals surface area contributed by atoms with Crippen LogP contribution in [-0.2, 0) is 9.84 Å². The number of sulfone groups is 1. The Morgan fingerprint density at radius 1 is 1.39 bits per heavy atom. The summed E-state index contributed by atoms with van der Waals surface area (Å²) in [7, 11) is -3.12. The van der Waals surface area contributed by atoms with E-state index in [1.54, 1.807) is 6.07 Å². The van der Waals surface area contributed by atoms with Crippen LogP contribution in [0.3, 0.4) is 0 Å². The van der Waals surface area contributed by atoms with Gasteiger partial charge in [-0.3, -0.25) is 16.0 Å². The van der Waals surface area contributed by atoms with E-state index in [9.17, 15) is 18.5 Å². The third-order valence-electron chi connectivity index (χ3n) is 2.16. The van der Waals surface area contributed by atoms with Crippen LogP contribution in [-0.4, -0.2) is 31.9 Å². The molecule has 0 aromatic heterocycles. The van der Waals surface area contributed by atoms with Crippen molar-refractivity contribution in [3.05, 3.63) is 28.3 Å². The van der Waals surface area contributed by atoms with Gasteiger partial charge in [0, 0.05) is 12.8 Å². The molecule has 0 spiro atoms. The lowest BCUT2D eigenvalue weighted by molar-refractivity contribution is -0.383. The summed E-state index contributed by atoms with van der Waals surface area (Å²) < 4.78 is 21.9. The fraction of sp³-hybridized carbons (Fsp3) is 0.333. The van der Waals surface area contributed by atoms with E-state index in [4.69, 9.17) is 5.84 Å². The quantitative estimate of drug-likeness (QED) is 0.387. The molecule has 0 fully saturated rings. The predicted octanol–water partition coefficient (Wildman–Crippen LogP) is 0.337. The van der Waals surface area contributed by atoms with Crippen molar-refractivity contribution in [3.8, 4) is 0 Å². The molecule has 100 valence electrons. The number of anilines is 2. The Kier molecular flexibility index (Phi) is 4.45. The molecule has 0 amide bonds.